The van der Waals surface area contributed by atoms with Gasteiger partial charge in [0, 0.05) is 19.2 Å². The van der Waals surface area contributed by atoms with Gasteiger partial charge in [0.2, 0.25) is 0 Å². The number of carbonyl (C=O) groups is 1. The van der Waals surface area contributed by atoms with E-state index in [-0.39, 0.29) is 24.3 Å². The van der Waals surface area contributed by atoms with Crippen LogP contribution < -0.4 is 10.1 Å². The second kappa shape index (κ2) is 8.65. The molecule has 0 aliphatic rings. The number of aryl methyl sites for hydroxylation is 2. The van der Waals surface area contributed by atoms with Crippen molar-refractivity contribution in [3.63, 3.8) is 0 Å². The number of carbonyl (C=O) groups excluding carboxylic acids is 1. The van der Waals surface area contributed by atoms with Gasteiger partial charge in [-0.05, 0) is 31.4 Å². The van der Waals surface area contributed by atoms with Gasteiger partial charge < -0.3 is 10.1 Å². The summed E-state index contributed by atoms with van der Waals surface area (Å²) in [6.45, 7) is 6.09. The Morgan fingerprint density at radius 1 is 1.32 bits per heavy atom. The molecular formula is C19H26FN3O2. The molecule has 1 aromatic carbocycles. The number of hydrogen-bond donors (Lipinski definition) is 1. The molecule has 1 amide bonds. The van der Waals surface area contributed by atoms with Crippen LogP contribution in [0.3, 0.4) is 0 Å². The Labute approximate surface area is 148 Å². The molecule has 0 atom stereocenters. The monoisotopic (exact) mass is 347 g/mol. The second-order valence-corrected chi connectivity index (χ2v) is 5.97. The van der Waals surface area contributed by atoms with E-state index in [0.29, 0.717) is 11.3 Å². The molecule has 0 aliphatic carbocycles. The summed E-state index contributed by atoms with van der Waals surface area (Å²) in [4.78, 5) is 12.3. The van der Waals surface area contributed by atoms with Gasteiger partial charge in [-0.1, -0.05) is 32.9 Å². The highest BCUT2D eigenvalue weighted by Crippen LogP contribution is 2.23. The zero-order valence-electron chi connectivity index (χ0n) is 15.3. The normalized spacial score (nSPS) is 11.0. The summed E-state index contributed by atoms with van der Waals surface area (Å²) >= 11 is 0. The Hall–Kier alpha value is -2.37. The summed E-state index contributed by atoms with van der Waals surface area (Å²) in [5, 5.41) is 7.00. The fraction of sp³-hybridized carbons (Fsp3) is 0.474. The van der Waals surface area contributed by atoms with E-state index < -0.39 is 5.82 Å². The minimum Gasteiger partial charge on any atom is -0.487 e. The molecule has 25 heavy (non-hydrogen) atoms. The van der Waals surface area contributed by atoms with Gasteiger partial charge in [0.1, 0.15) is 5.69 Å². The average Bonchev–Trinajstić information content (AvgIpc) is 3.00. The van der Waals surface area contributed by atoms with Crippen molar-refractivity contribution in [1.82, 2.24) is 15.1 Å². The molecule has 6 heteroatoms. The molecule has 1 heterocycles. The van der Waals surface area contributed by atoms with Gasteiger partial charge in [0.25, 0.3) is 5.91 Å². The SMILES string of the molecule is CCc1cc(C(=O)NCc2cccc(OC(CC)CC)c2F)n(C)n1. The average molecular weight is 347 g/mol. The zero-order chi connectivity index (χ0) is 18.4. The maximum Gasteiger partial charge on any atom is 0.269 e. The largest absolute Gasteiger partial charge is 0.487 e. The van der Waals surface area contributed by atoms with Crippen molar-refractivity contribution >= 4 is 5.91 Å². The quantitative estimate of drug-likeness (QED) is 0.793. The van der Waals surface area contributed by atoms with Gasteiger partial charge in [-0.2, -0.15) is 5.10 Å². The van der Waals surface area contributed by atoms with Crippen molar-refractivity contribution < 1.29 is 13.9 Å². The lowest BCUT2D eigenvalue weighted by Gasteiger charge is -2.17. The minimum atomic E-state index is -0.422. The molecular weight excluding hydrogens is 321 g/mol. The van der Waals surface area contributed by atoms with Crippen LogP contribution in [-0.2, 0) is 20.0 Å². The predicted molar refractivity (Wildman–Crippen MR) is 95.2 cm³/mol. The summed E-state index contributed by atoms with van der Waals surface area (Å²) in [6, 6.07) is 6.75. The molecule has 2 aromatic rings. The van der Waals surface area contributed by atoms with E-state index in [4.69, 9.17) is 4.74 Å². The van der Waals surface area contributed by atoms with Gasteiger partial charge in [-0.15, -0.1) is 0 Å². The van der Waals surface area contributed by atoms with Crippen LogP contribution in [0.5, 0.6) is 5.75 Å². The zero-order valence-corrected chi connectivity index (χ0v) is 15.3. The maximum absolute atomic E-state index is 14.6. The lowest BCUT2D eigenvalue weighted by Crippen LogP contribution is -2.25. The lowest BCUT2D eigenvalue weighted by atomic mass is 10.1. The topological polar surface area (TPSA) is 56.1 Å². The van der Waals surface area contributed by atoms with Crippen molar-refractivity contribution in [1.29, 1.82) is 0 Å². The molecule has 0 saturated carbocycles. The first kappa shape index (κ1) is 19.0. The molecule has 1 N–H and O–H groups in total. The van der Waals surface area contributed by atoms with Gasteiger partial charge in [0.15, 0.2) is 11.6 Å². The Morgan fingerprint density at radius 2 is 2.04 bits per heavy atom. The predicted octanol–water partition coefficient (Wildman–Crippen LogP) is 3.62. The van der Waals surface area contributed by atoms with Gasteiger partial charge in [-0.25, -0.2) is 4.39 Å². The number of benzene rings is 1. The smallest absolute Gasteiger partial charge is 0.269 e. The fourth-order valence-electron chi connectivity index (χ4n) is 2.60. The molecule has 0 bridgehead atoms. The summed E-state index contributed by atoms with van der Waals surface area (Å²) in [5.41, 5.74) is 1.70. The molecule has 0 fully saturated rings. The molecule has 0 unspecified atom stereocenters. The third-order valence-corrected chi connectivity index (χ3v) is 4.21. The van der Waals surface area contributed by atoms with E-state index >= 15 is 0 Å². The van der Waals surface area contributed by atoms with E-state index in [1.165, 1.54) is 4.68 Å². The molecule has 5 nitrogen and oxygen atoms in total. The highest BCUT2D eigenvalue weighted by Gasteiger charge is 2.16. The first-order chi connectivity index (χ1) is 12.0. The second-order valence-electron chi connectivity index (χ2n) is 5.97. The molecule has 0 radical (unpaired) electrons. The number of aromatic nitrogens is 2. The molecule has 136 valence electrons. The van der Waals surface area contributed by atoms with Crippen molar-refractivity contribution in [2.45, 2.75) is 52.7 Å². The number of nitrogens with zero attached hydrogens (tertiary/aromatic N) is 2. The highest BCUT2D eigenvalue weighted by molar-refractivity contribution is 5.92. The summed E-state index contributed by atoms with van der Waals surface area (Å²) in [7, 11) is 1.72. The van der Waals surface area contributed by atoms with Crippen LogP contribution >= 0.6 is 0 Å². The highest BCUT2D eigenvalue weighted by atomic mass is 19.1. The fourth-order valence-corrected chi connectivity index (χ4v) is 2.60. The summed E-state index contributed by atoms with van der Waals surface area (Å²) < 4.78 is 21.9. The van der Waals surface area contributed by atoms with E-state index in [1.54, 1.807) is 31.3 Å². The standard InChI is InChI=1S/C19H26FN3O2/c1-5-14-11-16(23(4)22-14)19(24)21-12-13-9-8-10-17(18(13)20)25-15(6-2)7-3/h8-11,15H,5-7,12H2,1-4H3,(H,21,24). The van der Waals surface area contributed by atoms with Crippen LogP contribution in [0.15, 0.2) is 24.3 Å². The Kier molecular flexibility index (Phi) is 6.56. The lowest BCUT2D eigenvalue weighted by molar-refractivity contribution is 0.0941. The van der Waals surface area contributed by atoms with Gasteiger partial charge in [0.05, 0.1) is 11.8 Å². The van der Waals surface area contributed by atoms with Crippen LogP contribution in [0.1, 0.15) is 55.4 Å². The first-order valence-electron chi connectivity index (χ1n) is 8.75. The van der Waals surface area contributed by atoms with Crippen LogP contribution in [0, 0.1) is 5.82 Å². The minimum absolute atomic E-state index is 0.0127. The number of halogens is 1. The van der Waals surface area contributed by atoms with E-state index in [0.717, 1.165) is 25.0 Å². The summed E-state index contributed by atoms with van der Waals surface area (Å²) in [5.74, 6) is -0.469. The summed E-state index contributed by atoms with van der Waals surface area (Å²) in [6.07, 6.45) is 2.38. The molecule has 2 rings (SSSR count). The molecule has 0 saturated heterocycles. The van der Waals surface area contributed by atoms with Crippen molar-refractivity contribution in [2.24, 2.45) is 7.05 Å². The van der Waals surface area contributed by atoms with Gasteiger partial charge in [-0.3, -0.25) is 9.48 Å². The van der Waals surface area contributed by atoms with Crippen molar-refractivity contribution in [3.05, 3.63) is 47.0 Å². The maximum atomic E-state index is 14.6. The number of rotatable bonds is 8. The Morgan fingerprint density at radius 3 is 2.64 bits per heavy atom. The van der Waals surface area contributed by atoms with Crippen molar-refractivity contribution in [2.75, 3.05) is 0 Å². The van der Waals surface area contributed by atoms with Crippen LogP contribution in [-0.4, -0.2) is 21.8 Å². The van der Waals surface area contributed by atoms with E-state index in [9.17, 15) is 9.18 Å². The molecule has 0 aliphatic heterocycles. The number of amides is 1. The number of nitrogens with one attached hydrogen (secondary N) is 1. The number of ether oxygens (including phenoxy) is 1. The van der Waals surface area contributed by atoms with Gasteiger partial charge >= 0.3 is 0 Å². The van der Waals surface area contributed by atoms with E-state index in [1.807, 2.05) is 20.8 Å². The van der Waals surface area contributed by atoms with Crippen LogP contribution in [0.25, 0.3) is 0 Å². The molecule has 0 spiro atoms. The third kappa shape index (κ3) is 4.59. The van der Waals surface area contributed by atoms with Crippen LogP contribution in [0.4, 0.5) is 4.39 Å². The number of hydrogen-bond acceptors (Lipinski definition) is 3. The first-order valence-corrected chi connectivity index (χ1v) is 8.75. The molecule has 1 aromatic heterocycles. The third-order valence-electron chi connectivity index (χ3n) is 4.21. The van der Waals surface area contributed by atoms with E-state index in [2.05, 4.69) is 10.4 Å². The van der Waals surface area contributed by atoms with Crippen molar-refractivity contribution in [3.8, 4) is 5.75 Å². The Balaban J connectivity index is 2.07. The Bertz CT molecular complexity index is 723. The van der Waals surface area contributed by atoms with Crippen LogP contribution in [0.2, 0.25) is 0 Å².